The van der Waals surface area contributed by atoms with Crippen LogP contribution in [0.15, 0.2) is 48.5 Å². The van der Waals surface area contributed by atoms with Crippen LogP contribution in [-0.4, -0.2) is 93.7 Å². The molecular formula is C24H35BN4O2. The van der Waals surface area contributed by atoms with Crippen molar-refractivity contribution in [3.63, 3.8) is 0 Å². The zero-order valence-corrected chi connectivity index (χ0v) is 19.0. The van der Waals surface area contributed by atoms with Crippen LogP contribution in [0.5, 0.6) is 11.5 Å². The van der Waals surface area contributed by atoms with E-state index in [9.17, 15) is 0 Å². The summed E-state index contributed by atoms with van der Waals surface area (Å²) in [7, 11) is 4.59. The van der Waals surface area contributed by atoms with Gasteiger partial charge >= 0.3 is 7.69 Å². The third-order valence-electron chi connectivity index (χ3n) is 6.25. The summed E-state index contributed by atoms with van der Waals surface area (Å²) in [5, 5.41) is 0. The monoisotopic (exact) mass is 422 g/mol. The molecule has 2 fully saturated rings. The zero-order chi connectivity index (χ0) is 21.5. The van der Waals surface area contributed by atoms with Crippen LogP contribution in [0.3, 0.4) is 0 Å². The second kappa shape index (κ2) is 11.0. The van der Waals surface area contributed by atoms with E-state index in [1.54, 1.807) is 0 Å². The normalized spacial score (nSPS) is 19.3. The second-order valence-corrected chi connectivity index (χ2v) is 8.86. The Hall–Kier alpha value is -2.06. The quantitative estimate of drug-likeness (QED) is 0.605. The first kappa shape index (κ1) is 22.2. The van der Waals surface area contributed by atoms with Gasteiger partial charge in [0.1, 0.15) is 11.5 Å². The summed E-state index contributed by atoms with van der Waals surface area (Å²) in [6.45, 7) is 11.0. The lowest BCUT2D eigenvalue weighted by Crippen LogP contribution is -2.43. The lowest BCUT2D eigenvalue weighted by Gasteiger charge is -2.32. The van der Waals surface area contributed by atoms with Crippen molar-refractivity contribution in [1.29, 1.82) is 0 Å². The van der Waals surface area contributed by atoms with Gasteiger partial charge in [0.2, 0.25) is 0 Å². The molecule has 0 aliphatic carbocycles. The molecule has 0 saturated carbocycles. The molecule has 2 heterocycles. The molecule has 31 heavy (non-hydrogen) atoms. The highest BCUT2D eigenvalue weighted by molar-refractivity contribution is 6.20. The van der Waals surface area contributed by atoms with Gasteiger partial charge in [-0.3, -0.25) is 9.80 Å². The van der Waals surface area contributed by atoms with Crippen LogP contribution >= 0.6 is 0 Å². The van der Waals surface area contributed by atoms with E-state index in [-0.39, 0.29) is 7.69 Å². The summed E-state index contributed by atoms with van der Waals surface area (Å²) in [5.74, 6) is 1.72. The van der Waals surface area contributed by atoms with Gasteiger partial charge in [-0.25, -0.2) is 0 Å². The van der Waals surface area contributed by atoms with E-state index in [1.165, 1.54) is 11.1 Å². The average molecular weight is 422 g/mol. The molecule has 0 atom stereocenters. The SMILES string of the molecule is CN1CCN(Cc2cccc(OBOc3cccc(CN4CCN(C)CC4)c3)c2)CC1. The van der Waals surface area contributed by atoms with Crippen LogP contribution in [0, 0.1) is 0 Å². The van der Waals surface area contributed by atoms with Gasteiger partial charge in [0.15, 0.2) is 0 Å². The van der Waals surface area contributed by atoms with E-state index < -0.39 is 0 Å². The Labute approximate surface area is 187 Å². The van der Waals surface area contributed by atoms with Crippen molar-refractivity contribution in [2.24, 2.45) is 0 Å². The van der Waals surface area contributed by atoms with E-state index in [4.69, 9.17) is 9.31 Å². The van der Waals surface area contributed by atoms with Crippen molar-refractivity contribution in [1.82, 2.24) is 19.6 Å². The summed E-state index contributed by atoms with van der Waals surface area (Å²) in [5.41, 5.74) is 2.58. The minimum atomic E-state index is 0.218. The predicted octanol–water partition coefficient (Wildman–Crippen LogP) is 1.91. The molecule has 2 aliphatic heterocycles. The van der Waals surface area contributed by atoms with Crippen molar-refractivity contribution in [3.05, 3.63) is 59.7 Å². The predicted molar refractivity (Wildman–Crippen MR) is 127 cm³/mol. The topological polar surface area (TPSA) is 31.4 Å². The molecule has 2 saturated heterocycles. The first-order valence-electron chi connectivity index (χ1n) is 11.4. The molecule has 0 amide bonds. The first-order valence-corrected chi connectivity index (χ1v) is 11.4. The Kier molecular flexibility index (Phi) is 7.86. The Morgan fingerprint density at radius 3 is 1.48 bits per heavy atom. The highest BCUT2D eigenvalue weighted by atomic mass is 16.6. The maximum absolute atomic E-state index is 5.89. The lowest BCUT2D eigenvalue weighted by molar-refractivity contribution is 0.148. The minimum absolute atomic E-state index is 0.218. The first-order chi connectivity index (χ1) is 15.1. The molecule has 2 aromatic carbocycles. The van der Waals surface area contributed by atoms with Crippen LogP contribution in [0.2, 0.25) is 0 Å². The van der Waals surface area contributed by atoms with Gasteiger partial charge in [-0.1, -0.05) is 24.3 Å². The third-order valence-corrected chi connectivity index (χ3v) is 6.25. The smallest absolute Gasteiger partial charge is 0.529 e. The number of piperazine rings is 2. The lowest BCUT2D eigenvalue weighted by atomic mass is 10.1. The maximum atomic E-state index is 5.89. The van der Waals surface area contributed by atoms with Crippen molar-refractivity contribution in [3.8, 4) is 11.5 Å². The van der Waals surface area contributed by atoms with Crippen LogP contribution in [0.4, 0.5) is 0 Å². The van der Waals surface area contributed by atoms with Crippen LogP contribution < -0.4 is 9.31 Å². The molecule has 7 heteroatoms. The Morgan fingerprint density at radius 1 is 0.645 bits per heavy atom. The van der Waals surface area contributed by atoms with Gasteiger partial charge in [-0.15, -0.1) is 0 Å². The van der Waals surface area contributed by atoms with Crippen molar-refractivity contribution >= 4 is 7.69 Å². The molecular weight excluding hydrogens is 387 g/mol. The van der Waals surface area contributed by atoms with Gasteiger partial charge in [0.25, 0.3) is 0 Å². The molecule has 0 spiro atoms. The standard InChI is InChI=1S/C24H35BN4O2/c1-26-9-13-28(14-10-26)19-21-5-3-7-23(17-21)30-25-31-24-8-4-6-22(18-24)20-29-15-11-27(2)12-16-29/h3-8,17-18,25H,9-16,19-20H2,1-2H3. The Balaban J connectivity index is 1.24. The fourth-order valence-electron chi connectivity index (χ4n) is 4.16. The molecule has 0 unspecified atom stereocenters. The van der Waals surface area contributed by atoms with Crippen LogP contribution in [-0.2, 0) is 13.1 Å². The van der Waals surface area contributed by atoms with E-state index >= 15 is 0 Å². The molecule has 0 N–H and O–H groups in total. The summed E-state index contributed by atoms with van der Waals surface area (Å²) < 4.78 is 11.8. The van der Waals surface area contributed by atoms with E-state index in [1.807, 2.05) is 12.1 Å². The van der Waals surface area contributed by atoms with Gasteiger partial charge in [-0.05, 0) is 49.5 Å². The fourth-order valence-corrected chi connectivity index (χ4v) is 4.16. The zero-order valence-electron chi connectivity index (χ0n) is 19.0. The van der Waals surface area contributed by atoms with Crippen molar-refractivity contribution < 1.29 is 9.31 Å². The van der Waals surface area contributed by atoms with Crippen LogP contribution in [0.1, 0.15) is 11.1 Å². The van der Waals surface area contributed by atoms with Gasteiger partial charge in [-0.2, -0.15) is 0 Å². The highest BCUT2D eigenvalue weighted by Crippen LogP contribution is 2.18. The summed E-state index contributed by atoms with van der Waals surface area (Å²) in [6.07, 6.45) is 0. The minimum Gasteiger partial charge on any atom is -0.529 e. The molecule has 2 aromatic rings. The maximum Gasteiger partial charge on any atom is 0.576 e. The molecule has 4 rings (SSSR count). The van der Waals surface area contributed by atoms with E-state index in [0.29, 0.717) is 0 Å². The number of benzene rings is 2. The van der Waals surface area contributed by atoms with E-state index in [0.717, 1.165) is 76.9 Å². The third kappa shape index (κ3) is 6.97. The number of hydrogen-bond acceptors (Lipinski definition) is 6. The molecule has 166 valence electrons. The van der Waals surface area contributed by atoms with Crippen molar-refractivity contribution in [2.45, 2.75) is 13.1 Å². The largest absolute Gasteiger partial charge is 0.576 e. The second-order valence-electron chi connectivity index (χ2n) is 8.86. The van der Waals surface area contributed by atoms with Gasteiger partial charge in [0, 0.05) is 65.4 Å². The molecule has 0 radical (unpaired) electrons. The number of hydrogen-bond donors (Lipinski definition) is 0. The Bertz CT molecular complexity index is 753. The number of rotatable bonds is 8. The summed E-state index contributed by atoms with van der Waals surface area (Å²) >= 11 is 0. The van der Waals surface area contributed by atoms with Crippen LogP contribution in [0.25, 0.3) is 0 Å². The molecule has 2 aliphatic rings. The number of nitrogens with zero attached hydrogens (tertiary/aromatic N) is 4. The summed E-state index contributed by atoms with van der Waals surface area (Å²) in [6, 6.07) is 16.7. The van der Waals surface area contributed by atoms with Gasteiger partial charge in [0.05, 0.1) is 0 Å². The van der Waals surface area contributed by atoms with Gasteiger partial charge < -0.3 is 19.1 Å². The van der Waals surface area contributed by atoms with Crippen molar-refractivity contribution in [2.75, 3.05) is 66.5 Å². The number of likely N-dealkylation sites (N-methyl/N-ethyl adjacent to an activating group) is 2. The molecule has 0 aromatic heterocycles. The average Bonchev–Trinajstić information content (AvgIpc) is 2.78. The Morgan fingerprint density at radius 2 is 1.06 bits per heavy atom. The summed E-state index contributed by atoms with van der Waals surface area (Å²) in [4.78, 5) is 9.77. The fraction of sp³-hybridized carbons (Fsp3) is 0.500. The van der Waals surface area contributed by atoms with E-state index in [2.05, 4.69) is 70.1 Å². The molecule has 6 nitrogen and oxygen atoms in total. The highest BCUT2D eigenvalue weighted by Gasteiger charge is 2.15. The molecule has 0 bridgehead atoms.